The maximum atomic E-state index is 12.3. The van der Waals surface area contributed by atoms with Crippen LogP contribution in [0.25, 0.3) is 0 Å². The van der Waals surface area contributed by atoms with E-state index in [1.165, 1.54) is 24.3 Å². The van der Waals surface area contributed by atoms with Gasteiger partial charge in [-0.15, -0.1) is 0 Å². The first-order valence-corrected chi connectivity index (χ1v) is 9.55. The zero-order chi connectivity index (χ0) is 18.0. The monoisotopic (exact) mass is 372 g/mol. The van der Waals surface area contributed by atoms with E-state index < -0.39 is 22.6 Å². The summed E-state index contributed by atoms with van der Waals surface area (Å²) in [6, 6.07) is 9.88. The number of nitro benzene ring substituents is 1. The van der Waals surface area contributed by atoms with Crippen molar-refractivity contribution in [2.75, 3.05) is 4.72 Å². The van der Waals surface area contributed by atoms with Gasteiger partial charge in [0.1, 0.15) is 5.75 Å². The number of nitrogens with zero attached hydrogens (tertiary/aromatic N) is 1. The van der Waals surface area contributed by atoms with E-state index in [1.807, 2.05) is 0 Å². The number of nitro groups is 1. The summed E-state index contributed by atoms with van der Waals surface area (Å²) in [5, 5.41) is 10.6. The topological polar surface area (TPSA) is 168 Å². The molecule has 0 bridgehead atoms. The van der Waals surface area contributed by atoms with Crippen molar-refractivity contribution in [2.24, 2.45) is 11.0 Å². The Balaban J connectivity index is 2.24. The summed E-state index contributed by atoms with van der Waals surface area (Å²) in [5.74, 6) is 0.0206. The van der Waals surface area contributed by atoms with Crippen LogP contribution in [-0.4, -0.2) is 13.3 Å². The highest BCUT2D eigenvalue weighted by atomic mass is 32.2. The molecule has 0 heterocycles. The fourth-order valence-electron chi connectivity index (χ4n) is 1.74. The minimum absolute atomic E-state index is 0.0206. The normalized spacial score (nSPS) is 11.8. The molecule has 0 amide bonds. The molecule has 5 N–H and O–H groups in total. The quantitative estimate of drug-likeness (QED) is 0.392. The molecule has 0 saturated heterocycles. The molecule has 0 atom stereocenters. The number of anilines is 1. The van der Waals surface area contributed by atoms with E-state index in [0.29, 0.717) is 0 Å². The molecule has 24 heavy (non-hydrogen) atoms. The van der Waals surface area contributed by atoms with Gasteiger partial charge in [0.25, 0.3) is 15.7 Å². The average Bonchev–Trinajstić information content (AvgIpc) is 2.45. The van der Waals surface area contributed by atoms with Crippen LogP contribution in [0.4, 0.5) is 11.4 Å². The molecular weight excluding hydrogens is 359 g/mol. The van der Waals surface area contributed by atoms with Gasteiger partial charge in [0.2, 0.25) is 0 Å². The summed E-state index contributed by atoms with van der Waals surface area (Å²) in [4.78, 5) is 9.79. The maximum Gasteiger partial charge on any atom is 0.385 e. The van der Waals surface area contributed by atoms with Crippen molar-refractivity contribution in [1.82, 2.24) is 0 Å². The molecule has 12 heteroatoms. The standard InChI is InChI=1S/C12H13N4O6PS/c13-23(14,19)22-11-3-1-2-9(8-11)15-24(20,21)12-6-4-10(5-7-12)16(17)18/h1-8,15H,(H4,13,14,19). The van der Waals surface area contributed by atoms with Crippen molar-refractivity contribution in [3.05, 3.63) is 58.6 Å². The maximum absolute atomic E-state index is 12.3. The zero-order valence-electron chi connectivity index (χ0n) is 12.0. The Hall–Kier alpha value is -2.46. The van der Waals surface area contributed by atoms with E-state index in [1.54, 1.807) is 0 Å². The summed E-state index contributed by atoms with van der Waals surface area (Å²) >= 11 is 0. The van der Waals surface area contributed by atoms with Crippen molar-refractivity contribution < 1.29 is 22.4 Å². The number of rotatable bonds is 6. The molecule has 0 saturated carbocycles. The zero-order valence-corrected chi connectivity index (χ0v) is 13.7. The first kappa shape index (κ1) is 17.9. The van der Waals surface area contributed by atoms with E-state index >= 15 is 0 Å². The molecule has 0 radical (unpaired) electrons. The van der Waals surface area contributed by atoms with Crippen LogP contribution in [0, 0.1) is 10.1 Å². The lowest BCUT2D eigenvalue weighted by Crippen LogP contribution is -2.13. The van der Waals surface area contributed by atoms with Crippen LogP contribution in [0.5, 0.6) is 5.75 Å². The molecular formula is C12H13N4O6PS. The van der Waals surface area contributed by atoms with E-state index in [2.05, 4.69) is 4.72 Å². The molecule has 2 aromatic carbocycles. The Morgan fingerprint density at radius 3 is 2.29 bits per heavy atom. The number of hydrogen-bond acceptors (Lipinski definition) is 6. The third-order valence-corrected chi connectivity index (χ3v) is 4.59. The number of nitrogens with two attached hydrogens (primary N) is 2. The highest BCUT2D eigenvalue weighted by molar-refractivity contribution is 7.92. The Morgan fingerprint density at radius 2 is 1.75 bits per heavy atom. The Kier molecular flexibility index (Phi) is 4.90. The summed E-state index contributed by atoms with van der Waals surface area (Å²) < 4.78 is 42.8. The molecule has 0 aliphatic rings. The third-order valence-electron chi connectivity index (χ3n) is 2.69. The lowest BCUT2D eigenvalue weighted by molar-refractivity contribution is -0.384. The van der Waals surface area contributed by atoms with Gasteiger partial charge >= 0.3 is 7.67 Å². The second kappa shape index (κ2) is 6.57. The van der Waals surface area contributed by atoms with Crippen LogP contribution in [0.2, 0.25) is 0 Å². The number of benzene rings is 2. The van der Waals surface area contributed by atoms with Gasteiger partial charge in [-0.1, -0.05) is 6.07 Å². The van der Waals surface area contributed by atoms with Crippen LogP contribution in [0.1, 0.15) is 0 Å². The molecule has 128 valence electrons. The van der Waals surface area contributed by atoms with Crippen LogP contribution < -0.4 is 20.3 Å². The number of nitrogens with one attached hydrogen (secondary N) is 1. The minimum Gasteiger partial charge on any atom is -0.422 e. The van der Waals surface area contributed by atoms with Crippen LogP contribution in [0.3, 0.4) is 0 Å². The minimum atomic E-state index is -3.98. The third kappa shape index (κ3) is 4.77. The average molecular weight is 372 g/mol. The molecule has 2 rings (SSSR count). The Morgan fingerprint density at radius 1 is 1.12 bits per heavy atom. The van der Waals surface area contributed by atoms with Gasteiger partial charge < -0.3 is 4.52 Å². The molecule has 0 unspecified atom stereocenters. The van der Waals surface area contributed by atoms with Gasteiger partial charge in [0, 0.05) is 18.2 Å². The summed E-state index contributed by atoms with van der Waals surface area (Å²) in [7, 11) is -7.75. The Bertz CT molecular complexity index is 909. The highest BCUT2D eigenvalue weighted by Gasteiger charge is 2.17. The van der Waals surface area contributed by atoms with Gasteiger partial charge in [0.15, 0.2) is 0 Å². The molecule has 2 aromatic rings. The van der Waals surface area contributed by atoms with Crippen molar-refractivity contribution in [2.45, 2.75) is 4.90 Å². The van der Waals surface area contributed by atoms with Gasteiger partial charge in [-0.25, -0.2) is 24.0 Å². The first-order chi connectivity index (χ1) is 11.1. The number of sulfonamides is 1. The molecule has 10 nitrogen and oxygen atoms in total. The van der Waals surface area contributed by atoms with Crippen LogP contribution in [0.15, 0.2) is 53.4 Å². The van der Waals surface area contributed by atoms with Crippen molar-refractivity contribution in [3.8, 4) is 5.75 Å². The molecule has 0 aromatic heterocycles. The predicted molar refractivity (Wildman–Crippen MR) is 87.0 cm³/mol. The van der Waals surface area contributed by atoms with Gasteiger partial charge in [-0.2, -0.15) is 0 Å². The largest absolute Gasteiger partial charge is 0.422 e. The van der Waals surface area contributed by atoms with E-state index in [-0.39, 0.29) is 22.0 Å². The van der Waals surface area contributed by atoms with Gasteiger partial charge in [0.05, 0.1) is 15.5 Å². The van der Waals surface area contributed by atoms with Crippen molar-refractivity contribution in [3.63, 3.8) is 0 Å². The number of hydrogen-bond donors (Lipinski definition) is 3. The summed E-state index contributed by atoms with van der Waals surface area (Å²) in [6.45, 7) is 0. The van der Waals surface area contributed by atoms with E-state index in [4.69, 9.17) is 15.5 Å². The van der Waals surface area contributed by atoms with Crippen LogP contribution in [-0.2, 0) is 14.6 Å². The first-order valence-electron chi connectivity index (χ1n) is 6.31. The Labute approximate surface area is 137 Å². The second-order valence-corrected chi connectivity index (χ2v) is 7.78. The van der Waals surface area contributed by atoms with Gasteiger partial charge in [-0.05, 0) is 24.3 Å². The van der Waals surface area contributed by atoms with Crippen LogP contribution >= 0.6 is 7.67 Å². The molecule has 0 aliphatic heterocycles. The van der Waals surface area contributed by atoms with E-state index in [0.717, 1.165) is 24.3 Å². The van der Waals surface area contributed by atoms with Crippen molar-refractivity contribution in [1.29, 1.82) is 0 Å². The second-order valence-electron chi connectivity index (χ2n) is 4.62. The van der Waals surface area contributed by atoms with E-state index in [9.17, 15) is 23.1 Å². The summed E-state index contributed by atoms with van der Waals surface area (Å²) in [5.41, 5.74) is 10.1. The lowest BCUT2D eigenvalue weighted by Gasteiger charge is -2.12. The molecule has 0 spiro atoms. The van der Waals surface area contributed by atoms with Crippen molar-refractivity contribution >= 4 is 29.1 Å². The predicted octanol–water partition coefficient (Wildman–Crippen LogP) is 1.80. The SMILES string of the molecule is NP(N)(=O)Oc1cccc(NS(=O)(=O)c2ccc([N+](=O)[O-])cc2)c1. The smallest absolute Gasteiger partial charge is 0.385 e. The fraction of sp³-hybridized carbons (Fsp3) is 0. The molecule has 0 fully saturated rings. The fourth-order valence-corrected chi connectivity index (χ4v) is 3.23. The summed E-state index contributed by atoms with van der Waals surface area (Å²) in [6.07, 6.45) is 0. The van der Waals surface area contributed by atoms with Gasteiger partial charge in [-0.3, -0.25) is 14.8 Å². The lowest BCUT2D eigenvalue weighted by atomic mass is 10.3. The highest BCUT2D eigenvalue weighted by Crippen LogP contribution is 2.32. The number of non-ortho nitro benzene ring substituents is 1. The molecule has 0 aliphatic carbocycles.